The van der Waals surface area contributed by atoms with Gasteiger partial charge in [0.15, 0.2) is 0 Å². The van der Waals surface area contributed by atoms with Crippen molar-refractivity contribution >= 4 is 11.4 Å². The molecule has 3 nitrogen and oxygen atoms in total. The second-order valence-electron chi connectivity index (χ2n) is 5.12. The number of hydrogen-bond donors (Lipinski definition) is 1. The number of nitrogens with zero attached hydrogens (tertiary/aromatic N) is 1. The Morgan fingerprint density at radius 3 is 2.83 bits per heavy atom. The van der Waals surface area contributed by atoms with Gasteiger partial charge in [-0.25, -0.2) is 0 Å². The van der Waals surface area contributed by atoms with Crippen LogP contribution in [0.4, 0.5) is 11.4 Å². The molecular formula is C15H24N2O. The first kappa shape index (κ1) is 13.1. The Morgan fingerprint density at radius 1 is 1.33 bits per heavy atom. The second kappa shape index (κ2) is 5.98. The number of methoxy groups -OCH3 is 1. The van der Waals surface area contributed by atoms with E-state index in [-0.39, 0.29) is 0 Å². The second-order valence-corrected chi connectivity index (χ2v) is 5.12. The first-order chi connectivity index (χ1) is 8.74. The highest BCUT2D eigenvalue weighted by Crippen LogP contribution is 2.30. The minimum Gasteiger partial charge on any atom is -0.497 e. The topological polar surface area (TPSA) is 38.5 Å². The van der Waals surface area contributed by atoms with E-state index in [4.69, 9.17) is 10.5 Å². The number of ether oxygens (including phenoxy) is 1. The monoisotopic (exact) mass is 248 g/mol. The van der Waals surface area contributed by atoms with Crippen LogP contribution in [-0.4, -0.2) is 20.2 Å². The summed E-state index contributed by atoms with van der Waals surface area (Å²) in [4.78, 5) is 2.42. The highest BCUT2D eigenvalue weighted by Gasteiger charge is 2.17. The molecule has 2 N–H and O–H groups in total. The van der Waals surface area contributed by atoms with E-state index in [9.17, 15) is 0 Å². The fraction of sp³-hybridized carbons (Fsp3) is 0.600. The van der Waals surface area contributed by atoms with Gasteiger partial charge in [0.1, 0.15) is 5.75 Å². The highest BCUT2D eigenvalue weighted by atomic mass is 16.5. The molecule has 1 unspecified atom stereocenters. The third-order valence-corrected chi connectivity index (χ3v) is 4.00. The summed E-state index contributed by atoms with van der Waals surface area (Å²) >= 11 is 0. The van der Waals surface area contributed by atoms with E-state index in [0.717, 1.165) is 36.1 Å². The van der Waals surface area contributed by atoms with E-state index in [2.05, 4.69) is 17.9 Å². The average molecular weight is 248 g/mol. The van der Waals surface area contributed by atoms with Crippen molar-refractivity contribution in [1.29, 1.82) is 0 Å². The van der Waals surface area contributed by atoms with Crippen LogP contribution >= 0.6 is 0 Å². The van der Waals surface area contributed by atoms with Crippen molar-refractivity contribution in [3.8, 4) is 5.75 Å². The van der Waals surface area contributed by atoms with E-state index in [1.165, 1.54) is 25.7 Å². The molecule has 0 bridgehead atoms. The van der Waals surface area contributed by atoms with Crippen LogP contribution in [0.15, 0.2) is 18.2 Å². The minimum absolute atomic E-state index is 0.823. The first-order valence-corrected chi connectivity index (χ1v) is 6.93. The smallest absolute Gasteiger partial charge is 0.121 e. The van der Waals surface area contributed by atoms with Crippen LogP contribution in [0.5, 0.6) is 5.75 Å². The van der Waals surface area contributed by atoms with Crippen LogP contribution in [0.25, 0.3) is 0 Å². The van der Waals surface area contributed by atoms with Crippen molar-refractivity contribution in [3.63, 3.8) is 0 Å². The van der Waals surface area contributed by atoms with E-state index < -0.39 is 0 Å². The van der Waals surface area contributed by atoms with Crippen LogP contribution in [-0.2, 0) is 0 Å². The maximum absolute atomic E-state index is 6.12. The number of benzene rings is 1. The largest absolute Gasteiger partial charge is 0.497 e. The van der Waals surface area contributed by atoms with Gasteiger partial charge >= 0.3 is 0 Å². The lowest BCUT2D eigenvalue weighted by Crippen LogP contribution is -2.25. The summed E-state index contributed by atoms with van der Waals surface area (Å²) in [5, 5.41) is 0. The van der Waals surface area contributed by atoms with Crippen molar-refractivity contribution in [2.75, 3.05) is 30.8 Å². The summed E-state index contributed by atoms with van der Waals surface area (Å²) in [7, 11) is 1.67. The lowest BCUT2D eigenvalue weighted by atomic mass is 9.98. The molecule has 0 amide bonds. The van der Waals surface area contributed by atoms with Gasteiger partial charge in [-0.3, -0.25) is 0 Å². The van der Waals surface area contributed by atoms with Crippen LogP contribution in [0, 0.1) is 5.92 Å². The van der Waals surface area contributed by atoms with Crippen molar-refractivity contribution in [3.05, 3.63) is 18.2 Å². The zero-order valence-electron chi connectivity index (χ0n) is 11.5. The minimum atomic E-state index is 0.823. The van der Waals surface area contributed by atoms with E-state index in [1.807, 2.05) is 12.1 Å². The van der Waals surface area contributed by atoms with Crippen LogP contribution in [0.3, 0.4) is 0 Å². The fourth-order valence-corrected chi connectivity index (χ4v) is 2.76. The lowest BCUT2D eigenvalue weighted by molar-refractivity contribution is 0.415. The zero-order valence-corrected chi connectivity index (χ0v) is 11.5. The Balaban J connectivity index is 2.11. The maximum Gasteiger partial charge on any atom is 0.121 e. The van der Waals surface area contributed by atoms with Crippen LogP contribution in [0.2, 0.25) is 0 Å². The average Bonchev–Trinajstić information content (AvgIpc) is 2.63. The maximum atomic E-state index is 6.12. The van der Waals surface area contributed by atoms with Crippen molar-refractivity contribution in [2.24, 2.45) is 5.92 Å². The van der Waals surface area contributed by atoms with Crippen LogP contribution < -0.4 is 15.4 Å². The molecule has 0 radical (unpaired) electrons. The van der Waals surface area contributed by atoms with Gasteiger partial charge < -0.3 is 15.4 Å². The van der Waals surface area contributed by atoms with E-state index in [0.29, 0.717) is 0 Å². The van der Waals surface area contributed by atoms with Gasteiger partial charge in [0, 0.05) is 19.2 Å². The van der Waals surface area contributed by atoms with Crippen LogP contribution in [0.1, 0.15) is 32.6 Å². The molecule has 0 aromatic heterocycles. The SMILES string of the molecule is CCC1CCCN(c2ccc(OC)cc2N)CC1. The molecular weight excluding hydrogens is 224 g/mol. The molecule has 100 valence electrons. The Labute approximate surface area is 110 Å². The first-order valence-electron chi connectivity index (χ1n) is 6.93. The number of nitrogen functional groups attached to an aromatic ring is 1. The molecule has 1 saturated heterocycles. The van der Waals surface area contributed by atoms with Gasteiger partial charge in [-0.1, -0.05) is 13.3 Å². The summed E-state index contributed by atoms with van der Waals surface area (Å²) in [6, 6.07) is 5.99. The van der Waals surface area contributed by atoms with Gasteiger partial charge in [0.05, 0.1) is 18.5 Å². The molecule has 0 saturated carbocycles. The molecule has 0 aliphatic carbocycles. The molecule has 1 aliphatic rings. The Morgan fingerprint density at radius 2 is 2.17 bits per heavy atom. The predicted octanol–water partition coefficient (Wildman–Crippen LogP) is 3.29. The lowest BCUT2D eigenvalue weighted by Gasteiger charge is -2.24. The van der Waals surface area contributed by atoms with Crippen molar-refractivity contribution in [1.82, 2.24) is 0 Å². The van der Waals surface area contributed by atoms with E-state index in [1.54, 1.807) is 7.11 Å². The molecule has 1 fully saturated rings. The molecule has 1 aromatic carbocycles. The zero-order chi connectivity index (χ0) is 13.0. The van der Waals surface area contributed by atoms with E-state index >= 15 is 0 Å². The molecule has 1 aliphatic heterocycles. The highest BCUT2D eigenvalue weighted by molar-refractivity contribution is 5.69. The van der Waals surface area contributed by atoms with Gasteiger partial charge in [-0.15, -0.1) is 0 Å². The Hall–Kier alpha value is -1.38. The molecule has 2 rings (SSSR count). The van der Waals surface area contributed by atoms with Crippen molar-refractivity contribution in [2.45, 2.75) is 32.6 Å². The quantitative estimate of drug-likeness (QED) is 0.834. The molecule has 1 aromatic rings. The standard InChI is InChI=1S/C15H24N2O/c1-3-12-5-4-9-17(10-8-12)15-7-6-13(18-2)11-14(15)16/h6-7,11-12H,3-5,8-10,16H2,1-2H3. The number of rotatable bonds is 3. The van der Waals surface area contributed by atoms with Crippen molar-refractivity contribution < 1.29 is 4.74 Å². The fourth-order valence-electron chi connectivity index (χ4n) is 2.76. The normalized spacial score (nSPS) is 20.6. The number of hydrogen-bond acceptors (Lipinski definition) is 3. The number of nitrogens with two attached hydrogens (primary N) is 1. The summed E-state index contributed by atoms with van der Waals surface area (Å²) < 4.78 is 5.20. The number of anilines is 2. The summed E-state index contributed by atoms with van der Waals surface area (Å²) in [5.74, 6) is 1.71. The molecule has 0 spiro atoms. The Kier molecular flexibility index (Phi) is 4.34. The molecule has 1 atom stereocenters. The predicted molar refractivity (Wildman–Crippen MR) is 77.3 cm³/mol. The van der Waals surface area contributed by atoms with Gasteiger partial charge in [-0.05, 0) is 37.3 Å². The molecule has 3 heteroatoms. The summed E-state index contributed by atoms with van der Waals surface area (Å²) in [6.07, 6.45) is 5.20. The van der Waals surface area contributed by atoms with Gasteiger partial charge in [0.25, 0.3) is 0 Å². The third kappa shape index (κ3) is 2.89. The third-order valence-electron chi connectivity index (χ3n) is 4.00. The van der Waals surface area contributed by atoms with Gasteiger partial charge in [0.2, 0.25) is 0 Å². The summed E-state index contributed by atoms with van der Waals surface area (Å²) in [5.41, 5.74) is 8.11. The molecule has 18 heavy (non-hydrogen) atoms. The van der Waals surface area contributed by atoms with Gasteiger partial charge in [-0.2, -0.15) is 0 Å². The Bertz CT molecular complexity index is 392. The molecule has 1 heterocycles. The summed E-state index contributed by atoms with van der Waals surface area (Å²) in [6.45, 7) is 4.53.